The van der Waals surface area contributed by atoms with E-state index in [-0.39, 0.29) is 16.8 Å². The Bertz CT molecular complexity index is 666. The molecule has 1 saturated carbocycles. The largest absolute Gasteiger partial charge is 0.469 e. The molecule has 0 aromatic heterocycles. The van der Waals surface area contributed by atoms with Crippen molar-refractivity contribution in [1.82, 2.24) is 0 Å². The summed E-state index contributed by atoms with van der Waals surface area (Å²) in [7, 11) is 1.53. The lowest BCUT2D eigenvalue weighted by molar-refractivity contribution is -0.161. The van der Waals surface area contributed by atoms with Crippen LogP contribution in [0.5, 0.6) is 0 Å². The second-order valence-electron chi connectivity index (χ2n) is 8.45. The first-order valence-electron chi connectivity index (χ1n) is 9.19. The van der Waals surface area contributed by atoms with E-state index in [0.717, 1.165) is 37.0 Å². The number of thiol groups is 1. The molecule has 1 unspecified atom stereocenters. The molecular formula is C21H30O2S. The summed E-state index contributed by atoms with van der Waals surface area (Å²) < 4.78 is 5.20. The molecule has 3 atom stereocenters. The van der Waals surface area contributed by atoms with Crippen LogP contribution < -0.4 is 0 Å². The molecule has 132 valence electrons. The standard InChI is InChI=1S/C21H30O2S/c1-13(2)18-14-7-10-17-20(3,15(14)8-9-16(18)24)11-6-12-21(17,4)19(22)23-5/h8-9,13,17,24H,6-7,10-12H2,1-5H3/t17?,20-,21+/m0/s1. The van der Waals surface area contributed by atoms with Crippen LogP contribution in [0.25, 0.3) is 0 Å². The monoisotopic (exact) mass is 346 g/mol. The Morgan fingerprint density at radius 3 is 2.62 bits per heavy atom. The Morgan fingerprint density at radius 1 is 1.29 bits per heavy atom. The fraction of sp³-hybridized carbons (Fsp3) is 0.667. The van der Waals surface area contributed by atoms with E-state index < -0.39 is 0 Å². The summed E-state index contributed by atoms with van der Waals surface area (Å²) in [5.74, 6) is 0.796. The van der Waals surface area contributed by atoms with Crippen molar-refractivity contribution in [2.24, 2.45) is 11.3 Å². The predicted octanol–water partition coefficient (Wildman–Crippen LogP) is 5.28. The second kappa shape index (κ2) is 6.09. The number of benzene rings is 1. The lowest BCUT2D eigenvalue weighted by Gasteiger charge is -2.54. The van der Waals surface area contributed by atoms with E-state index in [1.54, 1.807) is 0 Å². The Morgan fingerprint density at radius 2 is 2.00 bits per heavy atom. The van der Waals surface area contributed by atoms with Crippen molar-refractivity contribution in [3.63, 3.8) is 0 Å². The predicted molar refractivity (Wildman–Crippen MR) is 101 cm³/mol. The number of hydrogen-bond donors (Lipinski definition) is 1. The van der Waals surface area contributed by atoms with Crippen LogP contribution in [0.4, 0.5) is 0 Å². The minimum absolute atomic E-state index is 0.0308. The van der Waals surface area contributed by atoms with Crippen LogP contribution in [0, 0.1) is 11.3 Å². The van der Waals surface area contributed by atoms with E-state index in [4.69, 9.17) is 17.4 Å². The molecule has 0 radical (unpaired) electrons. The maximum atomic E-state index is 12.6. The highest BCUT2D eigenvalue weighted by Gasteiger charge is 2.55. The number of fused-ring (bicyclic) bond motifs is 3. The van der Waals surface area contributed by atoms with Gasteiger partial charge in [0.1, 0.15) is 0 Å². The van der Waals surface area contributed by atoms with Gasteiger partial charge in [-0.3, -0.25) is 4.79 Å². The molecule has 0 N–H and O–H groups in total. The van der Waals surface area contributed by atoms with Gasteiger partial charge in [0.15, 0.2) is 0 Å². The van der Waals surface area contributed by atoms with Gasteiger partial charge in [0.25, 0.3) is 0 Å². The molecule has 2 aliphatic carbocycles. The highest BCUT2D eigenvalue weighted by Crippen LogP contribution is 2.58. The average molecular weight is 347 g/mol. The number of hydrogen-bond acceptors (Lipinski definition) is 3. The summed E-state index contributed by atoms with van der Waals surface area (Å²) in [6, 6.07) is 4.44. The zero-order valence-corrected chi connectivity index (χ0v) is 16.5. The van der Waals surface area contributed by atoms with Gasteiger partial charge >= 0.3 is 5.97 Å². The van der Waals surface area contributed by atoms with Crippen LogP contribution in [-0.4, -0.2) is 13.1 Å². The van der Waals surface area contributed by atoms with Crippen molar-refractivity contribution in [3.8, 4) is 0 Å². The third-order valence-electron chi connectivity index (χ3n) is 6.79. The van der Waals surface area contributed by atoms with Crippen molar-refractivity contribution >= 4 is 18.6 Å². The molecule has 0 aliphatic heterocycles. The van der Waals surface area contributed by atoms with Gasteiger partial charge in [-0.05, 0) is 72.6 Å². The van der Waals surface area contributed by atoms with Crippen LogP contribution >= 0.6 is 12.6 Å². The van der Waals surface area contributed by atoms with Crippen molar-refractivity contribution in [2.75, 3.05) is 7.11 Å². The van der Waals surface area contributed by atoms with Crippen LogP contribution in [-0.2, 0) is 21.4 Å². The first-order valence-corrected chi connectivity index (χ1v) is 9.64. The quantitative estimate of drug-likeness (QED) is 0.582. The van der Waals surface area contributed by atoms with Gasteiger partial charge in [-0.1, -0.05) is 33.3 Å². The number of ether oxygens (including phenoxy) is 1. The van der Waals surface area contributed by atoms with E-state index in [1.165, 1.54) is 23.8 Å². The van der Waals surface area contributed by atoms with Crippen LogP contribution in [0.15, 0.2) is 17.0 Å². The summed E-state index contributed by atoms with van der Waals surface area (Å²) in [5.41, 5.74) is 4.04. The number of rotatable bonds is 2. The molecule has 24 heavy (non-hydrogen) atoms. The lowest BCUT2D eigenvalue weighted by atomic mass is 9.49. The molecule has 1 aromatic carbocycles. The molecule has 3 heteroatoms. The molecule has 0 amide bonds. The topological polar surface area (TPSA) is 26.3 Å². The third kappa shape index (κ3) is 2.42. The Hall–Kier alpha value is -0.960. The van der Waals surface area contributed by atoms with Gasteiger partial charge in [0, 0.05) is 4.90 Å². The number of esters is 1. The third-order valence-corrected chi connectivity index (χ3v) is 7.18. The molecule has 1 fully saturated rings. The van der Waals surface area contributed by atoms with Gasteiger partial charge in [-0.15, -0.1) is 12.6 Å². The minimum atomic E-state index is -0.364. The maximum Gasteiger partial charge on any atom is 0.311 e. The molecule has 3 rings (SSSR count). The molecule has 2 aliphatic rings. The zero-order chi connectivity index (χ0) is 17.7. The van der Waals surface area contributed by atoms with Gasteiger partial charge in [0.05, 0.1) is 12.5 Å². The number of methoxy groups -OCH3 is 1. The van der Waals surface area contributed by atoms with E-state index in [9.17, 15) is 4.79 Å². The van der Waals surface area contributed by atoms with Crippen LogP contribution in [0.2, 0.25) is 0 Å². The second-order valence-corrected chi connectivity index (χ2v) is 8.93. The molecule has 0 heterocycles. The van der Waals surface area contributed by atoms with Gasteiger partial charge in [0.2, 0.25) is 0 Å². The van der Waals surface area contributed by atoms with Crippen molar-refractivity contribution in [3.05, 3.63) is 28.8 Å². The number of carbonyl (C=O) groups excluding carboxylic acids is 1. The Labute approximate surface area is 151 Å². The molecule has 2 nitrogen and oxygen atoms in total. The van der Waals surface area contributed by atoms with Crippen molar-refractivity contribution < 1.29 is 9.53 Å². The minimum Gasteiger partial charge on any atom is -0.469 e. The summed E-state index contributed by atoms with van der Waals surface area (Å²) >= 11 is 4.72. The highest BCUT2D eigenvalue weighted by atomic mass is 32.1. The summed E-state index contributed by atoms with van der Waals surface area (Å²) in [6.45, 7) is 9.01. The first-order chi connectivity index (χ1) is 11.3. The summed E-state index contributed by atoms with van der Waals surface area (Å²) in [6.07, 6.45) is 5.28. The fourth-order valence-corrected chi connectivity index (χ4v) is 6.17. The van der Waals surface area contributed by atoms with E-state index in [1.807, 2.05) is 0 Å². The fourth-order valence-electron chi connectivity index (χ4n) is 5.70. The normalized spacial score (nSPS) is 32.2. The molecule has 0 bridgehead atoms. The van der Waals surface area contributed by atoms with E-state index in [0.29, 0.717) is 11.8 Å². The van der Waals surface area contributed by atoms with Crippen molar-refractivity contribution in [2.45, 2.75) is 76.0 Å². The first kappa shape index (κ1) is 17.8. The summed E-state index contributed by atoms with van der Waals surface area (Å²) in [4.78, 5) is 13.7. The van der Waals surface area contributed by atoms with Gasteiger partial charge < -0.3 is 4.74 Å². The smallest absolute Gasteiger partial charge is 0.311 e. The SMILES string of the molecule is COC(=O)[C@]1(C)CCC[C@@]2(C)c3ccc(S)c(C(C)C)c3CCC12. The van der Waals surface area contributed by atoms with Crippen molar-refractivity contribution in [1.29, 1.82) is 0 Å². The molecule has 0 saturated heterocycles. The molecule has 1 aromatic rings. The summed E-state index contributed by atoms with van der Waals surface area (Å²) in [5, 5.41) is 0. The van der Waals surface area contributed by atoms with Gasteiger partial charge in [-0.2, -0.15) is 0 Å². The van der Waals surface area contributed by atoms with Crippen LogP contribution in [0.3, 0.4) is 0 Å². The van der Waals surface area contributed by atoms with E-state index in [2.05, 4.69) is 39.8 Å². The highest BCUT2D eigenvalue weighted by molar-refractivity contribution is 7.80. The molecule has 0 spiro atoms. The maximum absolute atomic E-state index is 12.6. The van der Waals surface area contributed by atoms with Crippen LogP contribution in [0.1, 0.15) is 76.0 Å². The van der Waals surface area contributed by atoms with Gasteiger partial charge in [-0.25, -0.2) is 0 Å². The zero-order valence-electron chi connectivity index (χ0n) is 15.6. The van der Waals surface area contributed by atoms with E-state index >= 15 is 0 Å². The average Bonchev–Trinajstić information content (AvgIpc) is 2.52. The lowest BCUT2D eigenvalue weighted by Crippen LogP contribution is -2.52. The Kier molecular flexibility index (Phi) is 4.53. The Balaban J connectivity index is 2.15. The number of carbonyl (C=O) groups is 1. The molecular weight excluding hydrogens is 316 g/mol.